The Balaban J connectivity index is 0.00000162. The van der Waals surface area contributed by atoms with E-state index in [1.807, 2.05) is 12.1 Å². The molecule has 17 heavy (non-hydrogen) atoms. The lowest BCUT2D eigenvalue weighted by Gasteiger charge is -2.08. The second kappa shape index (κ2) is 5.41. The number of nitrogens with two attached hydrogens (primary N) is 1. The van der Waals surface area contributed by atoms with Crippen molar-refractivity contribution >= 4 is 17.3 Å². The fraction of sp³-hybridized carbons (Fsp3) is 0.231. The van der Waals surface area contributed by atoms with Crippen LogP contribution in [0.15, 0.2) is 36.4 Å². The number of allylic oxidation sites excluding steroid dienone is 4. The molecule has 3 N–H and O–H groups in total. The molecule has 0 fully saturated rings. The summed E-state index contributed by atoms with van der Waals surface area (Å²) in [6.07, 6.45) is 8.44. The molecule has 4 heteroatoms. The van der Waals surface area contributed by atoms with E-state index in [0.29, 0.717) is 5.82 Å². The van der Waals surface area contributed by atoms with E-state index in [0.717, 1.165) is 24.1 Å². The third kappa shape index (κ3) is 3.01. The minimum absolute atomic E-state index is 0. The Labute approximate surface area is 103 Å². The fourth-order valence-corrected chi connectivity index (χ4v) is 1.66. The van der Waals surface area contributed by atoms with Crippen LogP contribution in [0.3, 0.4) is 0 Å². The van der Waals surface area contributed by atoms with Gasteiger partial charge in [-0.15, -0.1) is 0 Å². The molecule has 1 aliphatic rings. The van der Waals surface area contributed by atoms with E-state index in [1.54, 1.807) is 6.07 Å². The molecular formula is C13H19N3O. The highest BCUT2D eigenvalue weighted by atomic mass is 16.1. The van der Waals surface area contributed by atoms with Gasteiger partial charge in [-0.3, -0.25) is 4.79 Å². The lowest BCUT2D eigenvalue weighted by molar-refractivity contribution is -0.114. The third-order valence-electron chi connectivity index (χ3n) is 2.49. The van der Waals surface area contributed by atoms with Crippen molar-refractivity contribution in [1.29, 1.82) is 0 Å². The quantitative estimate of drug-likeness (QED) is 0.841. The molecule has 0 unspecified atom stereocenters. The van der Waals surface area contributed by atoms with E-state index in [2.05, 4.69) is 28.5 Å². The van der Waals surface area contributed by atoms with Crippen LogP contribution in [0.1, 0.15) is 21.4 Å². The Morgan fingerprint density at radius 1 is 1.47 bits per heavy atom. The number of carbonyl (C=O) groups is 1. The van der Waals surface area contributed by atoms with Gasteiger partial charge in [0.1, 0.15) is 5.82 Å². The topological polar surface area (TPSA) is 68.0 Å². The Hall–Kier alpha value is -1.94. The Morgan fingerprint density at radius 3 is 3.06 bits per heavy atom. The SMILES string of the molecule is NCC(=O)Nc1cccc(C2=CCCC=C2)n1.[HH].[HH]. The zero-order valence-electron chi connectivity index (χ0n) is 9.52. The van der Waals surface area contributed by atoms with Gasteiger partial charge in [0, 0.05) is 2.85 Å². The van der Waals surface area contributed by atoms with Gasteiger partial charge in [0.15, 0.2) is 0 Å². The number of aromatic nitrogens is 1. The van der Waals surface area contributed by atoms with Crippen molar-refractivity contribution in [3.8, 4) is 0 Å². The van der Waals surface area contributed by atoms with Crippen LogP contribution in [0.5, 0.6) is 0 Å². The lowest BCUT2D eigenvalue weighted by Crippen LogP contribution is -2.22. The highest BCUT2D eigenvalue weighted by Crippen LogP contribution is 2.20. The normalized spacial score (nSPS) is 14.3. The monoisotopic (exact) mass is 233 g/mol. The molecule has 4 nitrogen and oxygen atoms in total. The Morgan fingerprint density at radius 2 is 2.35 bits per heavy atom. The largest absolute Gasteiger partial charge is 0.322 e. The summed E-state index contributed by atoms with van der Waals surface area (Å²) in [6.45, 7) is -0.0332. The summed E-state index contributed by atoms with van der Waals surface area (Å²) in [4.78, 5) is 15.5. The van der Waals surface area contributed by atoms with Gasteiger partial charge in [0.25, 0.3) is 0 Å². The Bertz CT molecular complexity index is 487. The summed E-state index contributed by atoms with van der Waals surface area (Å²) >= 11 is 0. The molecule has 1 amide bonds. The summed E-state index contributed by atoms with van der Waals surface area (Å²) in [5.41, 5.74) is 7.21. The first-order valence-corrected chi connectivity index (χ1v) is 5.63. The molecule has 0 saturated heterocycles. The lowest BCUT2D eigenvalue weighted by atomic mass is 10.0. The van der Waals surface area contributed by atoms with E-state index in [-0.39, 0.29) is 15.3 Å². The van der Waals surface area contributed by atoms with E-state index >= 15 is 0 Å². The molecule has 0 aliphatic heterocycles. The summed E-state index contributed by atoms with van der Waals surface area (Å²) in [5.74, 6) is 0.306. The molecule has 0 bridgehead atoms. The van der Waals surface area contributed by atoms with Crippen molar-refractivity contribution in [3.05, 3.63) is 42.1 Å². The predicted octanol–water partition coefficient (Wildman–Crippen LogP) is 2.20. The average Bonchev–Trinajstić information content (AvgIpc) is 2.40. The van der Waals surface area contributed by atoms with Crippen LogP contribution >= 0.6 is 0 Å². The van der Waals surface area contributed by atoms with Crippen LogP contribution < -0.4 is 11.1 Å². The number of amides is 1. The number of rotatable bonds is 3. The molecule has 92 valence electrons. The maximum Gasteiger partial charge on any atom is 0.239 e. The first-order chi connectivity index (χ1) is 8.29. The van der Waals surface area contributed by atoms with Crippen LogP contribution in [0.2, 0.25) is 0 Å². The van der Waals surface area contributed by atoms with Crippen molar-refractivity contribution in [3.63, 3.8) is 0 Å². The highest BCUT2D eigenvalue weighted by molar-refractivity contribution is 5.91. The van der Waals surface area contributed by atoms with Crippen molar-refractivity contribution in [2.45, 2.75) is 12.8 Å². The van der Waals surface area contributed by atoms with Gasteiger partial charge in [-0.1, -0.05) is 24.3 Å². The number of anilines is 1. The van der Waals surface area contributed by atoms with Gasteiger partial charge in [-0.25, -0.2) is 4.98 Å². The molecular weight excluding hydrogens is 214 g/mol. The van der Waals surface area contributed by atoms with Crippen LogP contribution in [0.25, 0.3) is 5.57 Å². The van der Waals surface area contributed by atoms with Gasteiger partial charge in [0.2, 0.25) is 5.91 Å². The number of hydrogen-bond acceptors (Lipinski definition) is 3. The average molecular weight is 233 g/mol. The molecule has 0 radical (unpaired) electrons. The molecule has 0 aromatic carbocycles. The molecule has 1 aliphatic carbocycles. The van der Waals surface area contributed by atoms with E-state index < -0.39 is 0 Å². The van der Waals surface area contributed by atoms with Gasteiger partial charge in [0.05, 0.1) is 12.2 Å². The molecule has 1 aromatic heterocycles. The summed E-state index contributed by atoms with van der Waals surface area (Å²) in [7, 11) is 0. The molecule has 2 rings (SSSR count). The second-order valence-electron chi connectivity index (χ2n) is 3.80. The van der Waals surface area contributed by atoms with Crippen LogP contribution in [-0.2, 0) is 4.79 Å². The van der Waals surface area contributed by atoms with E-state index in [9.17, 15) is 4.79 Å². The van der Waals surface area contributed by atoms with Crippen molar-refractivity contribution in [2.24, 2.45) is 5.73 Å². The minimum Gasteiger partial charge on any atom is -0.322 e. The number of nitrogens with one attached hydrogen (secondary N) is 1. The number of nitrogens with zero attached hydrogens (tertiary/aromatic N) is 1. The van der Waals surface area contributed by atoms with E-state index in [4.69, 9.17) is 5.73 Å². The van der Waals surface area contributed by atoms with Crippen molar-refractivity contribution < 1.29 is 7.65 Å². The highest BCUT2D eigenvalue weighted by Gasteiger charge is 2.05. The second-order valence-corrected chi connectivity index (χ2v) is 3.80. The first kappa shape index (κ1) is 11.5. The van der Waals surface area contributed by atoms with E-state index in [1.165, 1.54) is 0 Å². The smallest absolute Gasteiger partial charge is 0.239 e. The molecule has 0 atom stereocenters. The van der Waals surface area contributed by atoms with Crippen LogP contribution in [-0.4, -0.2) is 17.4 Å². The number of hydrogen-bond donors (Lipinski definition) is 2. The predicted molar refractivity (Wildman–Crippen MR) is 72.5 cm³/mol. The zero-order valence-corrected chi connectivity index (χ0v) is 9.52. The van der Waals surface area contributed by atoms with Gasteiger partial charge in [-0.05, 0) is 30.5 Å². The third-order valence-corrected chi connectivity index (χ3v) is 2.49. The summed E-state index contributed by atoms with van der Waals surface area (Å²) in [6, 6.07) is 5.56. The van der Waals surface area contributed by atoms with Gasteiger partial charge >= 0.3 is 0 Å². The maximum atomic E-state index is 11.2. The molecule has 1 aromatic rings. The zero-order chi connectivity index (χ0) is 12.1. The summed E-state index contributed by atoms with van der Waals surface area (Å²) in [5, 5.41) is 2.64. The minimum atomic E-state index is -0.234. The number of pyridine rings is 1. The van der Waals surface area contributed by atoms with Crippen LogP contribution in [0, 0.1) is 0 Å². The van der Waals surface area contributed by atoms with Gasteiger partial charge in [-0.2, -0.15) is 0 Å². The van der Waals surface area contributed by atoms with Gasteiger partial charge < -0.3 is 11.1 Å². The summed E-state index contributed by atoms with van der Waals surface area (Å²) < 4.78 is 0. The van der Waals surface area contributed by atoms with Crippen LogP contribution in [0.4, 0.5) is 5.82 Å². The Kier molecular flexibility index (Phi) is 3.67. The first-order valence-electron chi connectivity index (χ1n) is 5.63. The van der Waals surface area contributed by atoms with Crippen molar-refractivity contribution in [2.75, 3.05) is 11.9 Å². The number of carbonyl (C=O) groups excluding carboxylic acids is 1. The standard InChI is InChI=1S/C13H15N3O.2H2/c14-9-13(17)16-12-8-4-7-11(15-12)10-5-2-1-3-6-10;;/h2,4-8H,1,3,9,14H2,(H,15,16,17);2*1H. The molecule has 0 spiro atoms. The fourth-order valence-electron chi connectivity index (χ4n) is 1.66. The molecule has 0 saturated carbocycles. The molecule has 1 heterocycles. The maximum absolute atomic E-state index is 11.2. The van der Waals surface area contributed by atoms with Crippen molar-refractivity contribution in [1.82, 2.24) is 4.98 Å².